The molecule has 1 N–H and O–H groups in total. The Morgan fingerprint density at radius 3 is 2.28 bits per heavy atom. The fraction of sp³-hybridized carbons (Fsp3) is 0.394. The lowest BCUT2D eigenvalue weighted by atomic mass is 9.78. The average Bonchev–Trinajstić information content (AvgIpc) is 2.94. The number of benzene rings is 3. The van der Waals surface area contributed by atoms with Crippen molar-refractivity contribution in [1.29, 1.82) is 0 Å². The molecule has 2 atom stereocenters. The first-order valence-corrected chi connectivity index (χ1v) is 14.0. The van der Waals surface area contributed by atoms with Gasteiger partial charge in [0.1, 0.15) is 5.82 Å². The van der Waals surface area contributed by atoms with Crippen LogP contribution in [-0.2, 0) is 9.59 Å². The highest BCUT2D eigenvalue weighted by Gasteiger charge is 2.27. The van der Waals surface area contributed by atoms with E-state index >= 15 is 0 Å². The van der Waals surface area contributed by atoms with Gasteiger partial charge in [0.25, 0.3) is 0 Å². The lowest BCUT2D eigenvalue weighted by Crippen LogP contribution is -2.35. The minimum atomic E-state index is -1.14. The van der Waals surface area contributed by atoms with Crippen molar-refractivity contribution in [2.45, 2.75) is 57.3 Å². The summed E-state index contributed by atoms with van der Waals surface area (Å²) in [6, 6.07) is 23.6. The Morgan fingerprint density at radius 1 is 0.949 bits per heavy atom. The molecule has 0 bridgehead atoms. The highest BCUT2D eigenvalue weighted by molar-refractivity contribution is 5.92. The Labute approximate surface area is 231 Å². The highest BCUT2D eigenvalue weighted by atomic mass is 19.1. The Bertz CT molecular complexity index is 1220. The van der Waals surface area contributed by atoms with Crippen LogP contribution < -0.4 is 10.4 Å². The quantitative estimate of drug-likeness (QED) is 0.346. The van der Waals surface area contributed by atoms with Crippen molar-refractivity contribution in [1.82, 2.24) is 4.90 Å². The second-order valence-electron chi connectivity index (χ2n) is 10.9. The van der Waals surface area contributed by atoms with Gasteiger partial charge in [-0.1, -0.05) is 68.4 Å². The third-order valence-corrected chi connectivity index (χ3v) is 7.84. The molecule has 39 heavy (non-hydrogen) atoms. The van der Waals surface area contributed by atoms with Gasteiger partial charge in [0.05, 0.1) is 0 Å². The first-order chi connectivity index (χ1) is 18.8. The van der Waals surface area contributed by atoms with Crippen molar-refractivity contribution >= 4 is 17.6 Å². The number of halogens is 1. The minimum Gasteiger partial charge on any atom is -0.549 e. The van der Waals surface area contributed by atoms with Gasteiger partial charge in [-0.15, -0.1) is 0 Å². The lowest BCUT2D eigenvalue weighted by Gasteiger charge is -2.33. The summed E-state index contributed by atoms with van der Waals surface area (Å²) in [5.41, 5.74) is 3.64. The Hall–Kier alpha value is -3.51. The van der Waals surface area contributed by atoms with Crippen LogP contribution in [-0.4, -0.2) is 36.4 Å². The molecular weight excluding hydrogens is 491 g/mol. The first kappa shape index (κ1) is 28.5. The SMILES string of the molecule is CC(C)C(=O)Nc1cccc(C2CCN(CCCC(c3ccccc3)C(C(=O)[O-])c3ccc(F)cc3)CC2)c1. The number of rotatable bonds is 11. The number of piperidine rings is 1. The lowest BCUT2D eigenvalue weighted by molar-refractivity contribution is -0.308. The maximum absolute atomic E-state index is 13.5. The second kappa shape index (κ2) is 13.5. The Kier molecular flexibility index (Phi) is 9.88. The fourth-order valence-corrected chi connectivity index (χ4v) is 5.61. The van der Waals surface area contributed by atoms with Crippen molar-refractivity contribution < 1.29 is 19.1 Å². The zero-order valence-electron chi connectivity index (χ0n) is 22.8. The summed E-state index contributed by atoms with van der Waals surface area (Å²) in [6.45, 7) is 6.62. The summed E-state index contributed by atoms with van der Waals surface area (Å²) in [5, 5.41) is 15.3. The predicted molar refractivity (Wildman–Crippen MR) is 151 cm³/mol. The molecule has 1 saturated heterocycles. The number of carboxylic acids is 1. The molecule has 1 aliphatic heterocycles. The number of nitrogens with zero attached hydrogens (tertiary/aromatic N) is 1. The van der Waals surface area contributed by atoms with Crippen molar-refractivity contribution in [3.8, 4) is 0 Å². The summed E-state index contributed by atoms with van der Waals surface area (Å²) < 4.78 is 13.5. The number of aliphatic carboxylic acids is 1. The fourth-order valence-electron chi connectivity index (χ4n) is 5.61. The largest absolute Gasteiger partial charge is 0.549 e. The molecule has 4 rings (SSSR count). The van der Waals surface area contributed by atoms with Crippen LogP contribution in [0.15, 0.2) is 78.9 Å². The topological polar surface area (TPSA) is 72.5 Å². The van der Waals surface area contributed by atoms with E-state index in [0.29, 0.717) is 17.9 Å². The molecule has 6 heteroatoms. The van der Waals surface area contributed by atoms with Gasteiger partial charge >= 0.3 is 0 Å². The van der Waals surface area contributed by atoms with Gasteiger partial charge in [-0.3, -0.25) is 4.79 Å². The van der Waals surface area contributed by atoms with Crippen LogP contribution in [0.5, 0.6) is 0 Å². The molecule has 0 saturated carbocycles. The normalized spacial score (nSPS) is 16.1. The van der Waals surface area contributed by atoms with Crippen LogP contribution in [0.1, 0.15) is 74.0 Å². The molecule has 3 aromatic carbocycles. The molecule has 0 radical (unpaired) electrons. The van der Waals surface area contributed by atoms with Crippen molar-refractivity contribution in [2.75, 3.05) is 25.0 Å². The van der Waals surface area contributed by atoms with Crippen molar-refractivity contribution in [2.24, 2.45) is 5.92 Å². The minimum absolute atomic E-state index is 0.0242. The number of amides is 1. The van der Waals surface area contributed by atoms with E-state index in [1.54, 1.807) is 12.1 Å². The van der Waals surface area contributed by atoms with Gasteiger partial charge in [0.2, 0.25) is 5.91 Å². The van der Waals surface area contributed by atoms with E-state index < -0.39 is 11.9 Å². The third-order valence-electron chi connectivity index (χ3n) is 7.84. The summed E-state index contributed by atoms with van der Waals surface area (Å²) in [5.74, 6) is -2.21. The average molecular weight is 530 g/mol. The molecule has 0 spiro atoms. The molecule has 1 aliphatic rings. The van der Waals surface area contributed by atoms with E-state index in [2.05, 4.69) is 22.3 Å². The van der Waals surface area contributed by atoms with Gasteiger partial charge < -0.3 is 20.1 Å². The van der Waals surface area contributed by atoms with Crippen LogP contribution in [0.25, 0.3) is 0 Å². The van der Waals surface area contributed by atoms with E-state index in [1.165, 1.54) is 17.7 Å². The maximum Gasteiger partial charge on any atom is 0.226 e. The highest BCUT2D eigenvalue weighted by Crippen LogP contribution is 2.37. The summed E-state index contributed by atoms with van der Waals surface area (Å²) in [7, 11) is 0. The number of hydrogen-bond donors (Lipinski definition) is 1. The molecule has 5 nitrogen and oxygen atoms in total. The van der Waals surface area contributed by atoms with Crippen LogP contribution in [0.3, 0.4) is 0 Å². The van der Waals surface area contributed by atoms with Gasteiger partial charge in [-0.05, 0) is 98.1 Å². The van der Waals surface area contributed by atoms with Crippen LogP contribution in [0, 0.1) is 11.7 Å². The smallest absolute Gasteiger partial charge is 0.226 e. The summed E-state index contributed by atoms with van der Waals surface area (Å²) in [4.78, 5) is 26.9. The number of likely N-dealkylation sites (tertiary alicyclic amines) is 1. The zero-order chi connectivity index (χ0) is 27.8. The number of hydrogen-bond acceptors (Lipinski definition) is 4. The van der Waals surface area contributed by atoms with E-state index in [0.717, 1.165) is 50.1 Å². The number of carboxylic acid groups (broad SMARTS) is 1. The molecule has 2 unspecified atom stereocenters. The molecule has 1 fully saturated rings. The number of carbonyl (C=O) groups excluding carboxylic acids is 2. The molecule has 206 valence electrons. The molecule has 1 heterocycles. The molecule has 3 aromatic rings. The monoisotopic (exact) mass is 529 g/mol. The van der Waals surface area contributed by atoms with Gasteiger partial charge in [-0.25, -0.2) is 4.39 Å². The van der Waals surface area contributed by atoms with Gasteiger partial charge in [-0.2, -0.15) is 0 Å². The Morgan fingerprint density at radius 2 is 1.64 bits per heavy atom. The van der Waals surface area contributed by atoms with Gasteiger partial charge in [0.15, 0.2) is 0 Å². The first-order valence-electron chi connectivity index (χ1n) is 14.0. The van der Waals surface area contributed by atoms with Crippen molar-refractivity contribution in [3.05, 3.63) is 101 Å². The number of carbonyl (C=O) groups is 2. The van der Waals surface area contributed by atoms with E-state index in [1.807, 2.05) is 56.3 Å². The van der Waals surface area contributed by atoms with E-state index in [4.69, 9.17) is 0 Å². The Balaban J connectivity index is 1.36. The predicted octanol–water partition coefficient (Wildman–Crippen LogP) is 5.70. The summed E-state index contributed by atoms with van der Waals surface area (Å²) in [6.07, 6.45) is 3.63. The molecule has 0 aromatic heterocycles. The van der Waals surface area contributed by atoms with Crippen molar-refractivity contribution in [3.63, 3.8) is 0 Å². The third kappa shape index (κ3) is 7.76. The molecular formula is C33H38FN2O3-. The molecule has 1 amide bonds. The summed E-state index contributed by atoms with van der Waals surface area (Å²) >= 11 is 0. The van der Waals surface area contributed by atoms with Gasteiger partial charge in [0, 0.05) is 23.5 Å². The zero-order valence-corrected chi connectivity index (χ0v) is 22.8. The van der Waals surface area contributed by atoms with E-state index in [-0.39, 0.29) is 23.6 Å². The van der Waals surface area contributed by atoms with E-state index in [9.17, 15) is 19.1 Å². The molecule has 0 aliphatic carbocycles. The maximum atomic E-state index is 13.5. The standard InChI is InChI=1S/C33H39FN2O3/c1-23(2)32(37)35-29-11-6-10-27(22-29)24-17-20-36(21-18-24)19-7-12-30(25-8-4-3-5-9-25)31(33(38)39)26-13-15-28(34)16-14-26/h3-6,8-11,13-16,22-24,30-31H,7,12,17-21H2,1-2H3,(H,35,37)(H,38,39)/p-1. The van der Waals surface area contributed by atoms with Crippen LogP contribution >= 0.6 is 0 Å². The van der Waals surface area contributed by atoms with Crippen LogP contribution in [0.2, 0.25) is 0 Å². The number of anilines is 1. The number of nitrogens with one attached hydrogen (secondary N) is 1. The second-order valence-corrected chi connectivity index (χ2v) is 10.9. The van der Waals surface area contributed by atoms with Crippen LogP contribution in [0.4, 0.5) is 10.1 Å².